The number of hydrogen-bond donors (Lipinski definition) is 1. The minimum Gasteiger partial charge on any atom is -0.304 e. The average Bonchev–Trinajstić information content (AvgIpc) is 2.49. The van der Waals surface area contributed by atoms with Crippen molar-refractivity contribution < 1.29 is 4.79 Å². The molecular formula is C18H26ClNO. The van der Waals surface area contributed by atoms with Crippen molar-refractivity contribution in [3.05, 3.63) is 34.9 Å². The predicted molar refractivity (Wildman–Crippen MR) is 88.8 cm³/mol. The third-order valence-corrected chi connectivity index (χ3v) is 4.56. The Morgan fingerprint density at radius 3 is 2.38 bits per heavy atom. The van der Waals surface area contributed by atoms with Crippen LogP contribution in [-0.4, -0.2) is 17.9 Å². The molecule has 0 saturated heterocycles. The molecule has 1 aromatic carbocycles. The highest BCUT2D eigenvalue weighted by molar-refractivity contribution is 6.30. The van der Waals surface area contributed by atoms with Crippen LogP contribution in [0.4, 0.5) is 0 Å². The molecule has 1 aliphatic rings. The van der Waals surface area contributed by atoms with Gasteiger partial charge in [-0.3, -0.25) is 4.79 Å². The van der Waals surface area contributed by atoms with Gasteiger partial charge in [0.25, 0.3) is 0 Å². The fourth-order valence-electron chi connectivity index (χ4n) is 3.05. The molecule has 0 amide bonds. The van der Waals surface area contributed by atoms with Crippen LogP contribution in [-0.2, 0) is 11.2 Å². The summed E-state index contributed by atoms with van der Waals surface area (Å²) in [6, 6.07) is 8.26. The maximum Gasteiger partial charge on any atom is 0.152 e. The molecule has 0 aromatic heterocycles. The average molecular weight is 308 g/mol. The lowest BCUT2D eigenvalue weighted by atomic mass is 9.91. The van der Waals surface area contributed by atoms with Gasteiger partial charge in [0, 0.05) is 17.0 Å². The summed E-state index contributed by atoms with van der Waals surface area (Å²) in [7, 11) is 0. The van der Waals surface area contributed by atoms with Gasteiger partial charge < -0.3 is 5.32 Å². The molecule has 116 valence electrons. The highest BCUT2D eigenvalue weighted by Gasteiger charge is 2.25. The number of benzene rings is 1. The number of carbonyl (C=O) groups excluding carboxylic acids is 1. The first-order valence-corrected chi connectivity index (χ1v) is 8.48. The lowest BCUT2D eigenvalue weighted by Crippen LogP contribution is -2.46. The maximum atomic E-state index is 12.5. The van der Waals surface area contributed by atoms with Crippen LogP contribution in [0.2, 0.25) is 5.02 Å². The summed E-state index contributed by atoms with van der Waals surface area (Å²) in [6.07, 6.45) is 7.04. The maximum absolute atomic E-state index is 12.5. The normalized spacial score (nSPS) is 17.9. The summed E-state index contributed by atoms with van der Waals surface area (Å²) in [5, 5.41) is 4.36. The van der Waals surface area contributed by atoms with E-state index < -0.39 is 0 Å². The molecule has 2 rings (SSSR count). The molecule has 1 saturated carbocycles. The Balaban J connectivity index is 2.04. The third kappa shape index (κ3) is 5.12. The van der Waals surface area contributed by atoms with Gasteiger partial charge in [-0.2, -0.15) is 0 Å². The Labute approximate surface area is 133 Å². The zero-order valence-corrected chi connectivity index (χ0v) is 13.8. The van der Waals surface area contributed by atoms with Crippen LogP contribution in [0.5, 0.6) is 0 Å². The quantitative estimate of drug-likeness (QED) is 0.844. The van der Waals surface area contributed by atoms with Gasteiger partial charge in [-0.25, -0.2) is 0 Å². The van der Waals surface area contributed by atoms with Crippen molar-refractivity contribution in [1.82, 2.24) is 5.32 Å². The zero-order chi connectivity index (χ0) is 15.2. The first-order valence-electron chi connectivity index (χ1n) is 8.10. The molecule has 0 aliphatic heterocycles. The molecule has 0 bridgehead atoms. The van der Waals surface area contributed by atoms with E-state index in [1.807, 2.05) is 38.1 Å². The lowest BCUT2D eigenvalue weighted by molar-refractivity contribution is -0.124. The smallest absolute Gasteiger partial charge is 0.152 e. The zero-order valence-electron chi connectivity index (χ0n) is 13.1. The topological polar surface area (TPSA) is 29.1 Å². The van der Waals surface area contributed by atoms with Gasteiger partial charge in [0.15, 0.2) is 5.78 Å². The highest BCUT2D eigenvalue weighted by atomic mass is 35.5. The molecule has 2 nitrogen and oxygen atoms in total. The molecule has 1 fully saturated rings. The summed E-state index contributed by atoms with van der Waals surface area (Å²) < 4.78 is 0. The van der Waals surface area contributed by atoms with Gasteiger partial charge in [0.2, 0.25) is 0 Å². The second-order valence-corrected chi connectivity index (χ2v) is 6.88. The number of nitrogens with one attached hydrogen (secondary N) is 1. The number of rotatable bonds is 6. The number of ketones is 1. The second-order valence-electron chi connectivity index (χ2n) is 6.44. The summed E-state index contributed by atoms with van der Waals surface area (Å²) >= 11 is 5.93. The molecule has 21 heavy (non-hydrogen) atoms. The summed E-state index contributed by atoms with van der Waals surface area (Å²) in [5.41, 5.74) is 1.17. The standard InChI is InChI=1S/C18H26ClNO/c1-13(2)18(21)17(20-16-6-4-3-5-7-16)12-14-8-10-15(19)11-9-14/h8-11,13,16-17,20H,3-7,12H2,1-2H3/t17-/m1/s1. The molecule has 0 radical (unpaired) electrons. The fraction of sp³-hybridized carbons (Fsp3) is 0.611. The molecule has 1 N–H and O–H groups in total. The van der Waals surface area contributed by atoms with Crippen molar-refractivity contribution in [2.45, 2.75) is 64.5 Å². The minimum atomic E-state index is -0.0747. The van der Waals surface area contributed by atoms with E-state index in [0.717, 1.165) is 11.4 Å². The molecule has 0 heterocycles. The fourth-order valence-corrected chi connectivity index (χ4v) is 3.18. The first kappa shape index (κ1) is 16.5. The van der Waals surface area contributed by atoms with Crippen LogP contribution in [0.3, 0.4) is 0 Å². The lowest BCUT2D eigenvalue weighted by Gasteiger charge is -2.29. The number of hydrogen-bond acceptors (Lipinski definition) is 2. The van der Waals surface area contributed by atoms with Gasteiger partial charge in [0.1, 0.15) is 0 Å². The van der Waals surface area contributed by atoms with Gasteiger partial charge in [-0.15, -0.1) is 0 Å². The monoisotopic (exact) mass is 307 g/mol. The Morgan fingerprint density at radius 2 is 1.81 bits per heavy atom. The van der Waals surface area contributed by atoms with Crippen LogP contribution in [0.25, 0.3) is 0 Å². The molecule has 1 aliphatic carbocycles. The van der Waals surface area contributed by atoms with Gasteiger partial charge >= 0.3 is 0 Å². The van der Waals surface area contributed by atoms with E-state index in [4.69, 9.17) is 11.6 Å². The van der Waals surface area contributed by atoms with E-state index >= 15 is 0 Å². The van der Waals surface area contributed by atoms with Gasteiger partial charge in [0.05, 0.1) is 6.04 Å². The number of halogens is 1. The number of carbonyl (C=O) groups is 1. The first-order chi connectivity index (χ1) is 10.1. The van der Waals surface area contributed by atoms with Crippen molar-refractivity contribution in [2.75, 3.05) is 0 Å². The van der Waals surface area contributed by atoms with E-state index in [2.05, 4.69) is 5.32 Å². The van der Waals surface area contributed by atoms with E-state index in [1.54, 1.807) is 0 Å². The SMILES string of the molecule is CC(C)C(=O)[C@@H](Cc1ccc(Cl)cc1)NC1CCCCC1. The summed E-state index contributed by atoms with van der Waals surface area (Å²) in [4.78, 5) is 12.5. The van der Waals surface area contributed by atoms with Gasteiger partial charge in [-0.05, 0) is 37.0 Å². The van der Waals surface area contributed by atoms with Crippen molar-refractivity contribution in [3.8, 4) is 0 Å². The number of Topliss-reactive ketones (excluding diaryl/α,β-unsaturated/α-hetero) is 1. The van der Waals surface area contributed by atoms with E-state index in [0.29, 0.717) is 11.8 Å². The Bertz CT molecular complexity index is 449. The summed E-state index contributed by atoms with van der Waals surface area (Å²) in [6.45, 7) is 3.97. The second kappa shape index (κ2) is 7.95. The van der Waals surface area contributed by atoms with Crippen LogP contribution in [0.1, 0.15) is 51.5 Å². The Hall–Kier alpha value is -0.860. The van der Waals surface area contributed by atoms with Gasteiger partial charge in [-0.1, -0.05) is 56.8 Å². The Kier molecular flexibility index (Phi) is 6.25. The minimum absolute atomic E-state index is 0.0680. The largest absolute Gasteiger partial charge is 0.304 e. The highest BCUT2D eigenvalue weighted by Crippen LogP contribution is 2.20. The summed E-state index contributed by atoms with van der Waals surface area (Å²) in [5.74, 6) is 0.383. The molecule has 3 heteroatoms. The van der Waals surface area contributed by atoms with Crippen LogP contribution in [0, 0.1) is 5.92 Å². The molecule has 1 aromatic rings. The van der Waals surface area contributed by atoms with Crippen molar-refractivity contribution in [1.29, 1.82) is 0 Å². The van der Waals surface area contributed by atoms with Crippen molar-refractivity contribution in [3.63, 3.8) is 0 Å². The van der Waals surface area contributed by atoms with E-state index in [9.17, 15) is 4.79 Å². The van der Waals surface area contributed by atoms with E-state index in [1.165, 1.54) is 37.7 Å². The third-order valence-electron chi connectivity index (χ3n) is 4.31. The predicted octanol–water partition coefficient (Wildman–Crippen LogP) is 4.40. The molecule has 0 unspecified atom stereocenters. The molecule has 0 spiro atoms. The van der Waals surface area contributed by atoms with Crippen molar-refractivity contribution >= 4 is 17.4 Å². The Morgan fingerprint density at radius 1 is 1.19 bits per heavy atom. The van der Waals surface area contributed by atoms with Crippen LogP contribution >= 0.6 is 11.6 Å². The molecule has 1 atom stereocenters. The van der Waals surface area contributed by atoms with E-state index in [-0.39, 0.29) is 12.0 Å². The van der Waals surface area contributed by atoms with Crippen LogP contribution < -0.4 is 5.32 Å². The van der Waals surface area contributed by atoms with Crippen molar-refractivity contribution in [2.24, 2.45) is 5.92 Å². The van der Waals surface area contributed by atoms with Crippen LogP contribution in [0.15, 0.2) is 24.3 Å². The molecular weight excluding hydrogens is 282 g/mol.